The molecule has 0 saturated heterocycles. The highest BCUT2D eigenvalue weighted by molar-refractivity contribution is 14.1. The molecule has 0 bridgehead atoms. The minimum Gasteiger partial charge on any atom is -0.205 e. The summed E-state index contributed by atoms with van der Waals surface area (Å²) in [6.45, 7) is 0. The SMILES string of the molecule is Fc1c(C(F)F)ccc2cc(I)sc12. The lowest BCUT2D eigenvalue weighted by atomic mass is 10.2. The molecule has 0 spiro atoms. The van der Waals surface area contributed by atoms with Crippen LogP contribution in [-0.2, 0) is 0 Å². The van der Waals surface area contributed by atoms with Gasteiger partial charge in [0.1, 0.15) is 5.82 Å². The molecule has 2 aromatic rings. The van der Waals surface area contributed by atoms with Crippen LogP contribution in [0.2, 0.25) is 0 Å². The molecule has 0 aliphatic carbocycles. The number of rotatable bonds is 1. The number of thiophene rings is 1. The molecule has 0 nitrogen and oxygen atoms in total. The number of hydrogen-bond acceptors (Lipinski definition) is 1. The molecule has 0 N–H and O–H groups in total. The largest absolute Gasteiger partial charge is 0.266 e. The Labute approximate surface area is 95.9 Å². The van der Waals surface area contributed by atoms with Gasteiger partial charge in [-0.1, -0.05) is 6.07 Å². The lowest BCUT2D eigenvalue weighted by Crippen LogP contribution is -1.89. The fourth-order valence-electron chi connectivity index (χ4n) is 1.22. The van der Waals surface area contributed by atoms with Crippen LogP contribution in [0.15, 0.2) is 18.2 Å². The summed E-state index contributed by atoms with van der Waals surface area (Å²) in [7, 11) is 0. The Morgan fingerprint density at radius 1 is 1.29 bits per heavy atom. The number of benzene rings is 1. The maximum atomic E-state index is 13.5. The topological polar surface area (TPSA) is 0 Å². The summed E-state index contributed by atoms with van der Waals surface area (Å²) in [5.41, 5.74) is -0.518. The van der Waals surface area contributed by atoms with Gasteiger partial charge in [0.05, 0.1) is 13.1 Å². The molecule has 0 unspecified atom stereocenters. The van der Waals surface area contributed by atoms with Gasteiger partial charge in [0.2, 0.25) is 0 Å². The molecular weight excluding hydrogens is 324 g/mol. The number of alkyl halides is 2. The molecule has 0 amide bonds. The average molecular weight is 328 g/mol. The molecule has 5 heteroatoms. The molecule has 74 valence electrons. The number of halogens is 4. The molecule has 1 aromatic carbocycles. The lowest BCUT2D eigenvalue weighted by Gasteiger charge is -2.01. The standard InChI is InChI=1S/C9H4F3IS/c10-7-5(9(11)12)2-1-4-3-6(13)14-8(4)7/h1-3,9H. The molecule has 1 aromatic heterocycles. The van der Waals surface area contributed by atoms with E-state index in [0.29, 0.717) is 10.1 Å². The maximum absolute atomic E-state index is 13.5. The minimum atomic E-state index is -2.75. The second-order valence-electron chi connectivity index (χ2n) is 2.74. The molecule has 0 atom stereocenters. The van der Waals surface area contributed by atoms with Crippen LogP contribution in [0.25, 0.3) is 10.1 Å². The van der Waals surface area contributed by atoms with Crippen molar-refractivity contribution in [1.29, 1.82) is 0 Å². The quantitative estimate of drug-likeness (QED) is 0.672. The normalized spacial score (nSPS) is 11.5. The van der Waals surface area contributed by atoms with Gasteiger partial charge >= 0.3 is 0 Å². The molecule has 14 heavy (non-hydrogen) atoms. The Morgan fingerprint density at radius 3 is 2.64 bits per heavy atom. The summed E-state index contributed by atoms with van der Waals surface area (Å²) in [5.74, 6) is -0.787. The molecule has 1 heterocycles. The summed E-state index contributed by atoms with van der Waals surface area (Å²) in [6, 6.07) is 4.45. The van der Waals surface area contributed by atoms with Crippen molar-refractivity contribution in [1.82, 2.24) is 0 Å². The lowest BCUT2D eigenvalue weighted by molar-refractivity contribution is 0.147. The zero-order chi connectivity index (χ0) is 10.3. The Hall–Kier alpha value is -0.300. The van der Waals surface area contributed by atoms with Crippen molar-refractivity contribution < 1.29 is 13.2 Å². The van der Waals surface area contributed by atoms with E-state index in [1.807, 2.05) is 22.6 Å². The van der Waals surface area contributed by atoms with E-state index in [4.69, 9.17) is 0 Å². The van der Waals surface area contributed by atoms with Crippen molar-refractivity contribution in [3.05, 3.63) is 32.5 Å². The van der Waals surface area contributed by atoms with Gasteiger partial charge in [-0.3, -0.25) is 0 Å². The first-order valence-corrected chi connectivity index (χ1v) is 5.64. The van der Waals surface area contributed by atoms with E-state index in [0.717, 1.165) is 8.95 Å². The maximum Gasteiger partial charge on any atom is 0.266 e. The summed E-state index contributed by atoms with van der Waals surface area (Å²) in [5, 5.41) is 0.682. The average Bonchev–Trinajstić information content (AvgIpc) is 2.46. The van der Waals surface area contributed by atoms with Crippen molar-refractivity contribution in [3.63, 3.8) is 0 Å². The third-order valence-corrected chi connectivity index (χ3v) is 3.76. The van der Waals surface area contributed by atoms with Crippen LogP contribution < -0.4 is 0 Å². The van der Waals surface area contributed by atoms with E-state index in [9.17, 15) is 13.2 Å². The Morgan fingerprint density at radius 2 is 2.00 bits per heavy atom. The fraction of sp³-hybridized carbons (Fsp3) is 0.111. The summed E-state index contributed by atoms with van der Waals surface area (Å²) < 4.78 is 39.3. The predicted molar refractivity (Wildman–Crippen MR) is 59.5 cm³/mol. The highest BCUT2D eigenvalue weighted by atomic mass is 127. The van der Waals surface area contributed by atoms with E-state index in [1.54, 1.807) is 6.07 Å². The first-order valence-electron chi connectivity index (χ1n) is 3.75. The van der Waals surface area contributed by atoms with E-state index in [2.05, 4.69) is 0 Å². The van der Waals surface area contributed by atoms with Gasteiger partial charge < -0.3 is 0 Å². The van der Waals surface area contributed by atoms with Crippen LogP contribution >= 0.6 is 33.9 Å². The van der Waals surface area contributed by atoms with Crippen LogP contribution in [0.5, 0.6) is 0 Å². The second kappa shape index (κ2) is 3.69. The number of hydrogen-bond donors (Lipinski definition) is 0. The highest BCUT2D eigenvalue weighted by Crippen LogP contribution is 2.33. The van der Waals surface area contributed by atoms with Crippen molar-refractivity contribution in [2.75, 3.05) is 0 Å². The molecule has 0 fully saturated rings. The number of fused-ring (bicyclic) bond motifs is 1. The monoisotopic (exact) mass is 328 g/mol. The summed E-state index contributed by atoms with van der Waals surface area (Å²) in [6.07, 6.45) is -2.75. The Bertz CT molecular complexity index is 478. The van der Waals surface area contributed by atoms with E-state index >= 15 is 0 Å². The van der Waals surface area contributed by atoms with Crippen molar-refractivity contribution in [2.24, 2.45) is 0 Å². The van der Waals surface area contributed by atoms with Gasteiger partial charge in [0.15, 0.2) is 0 Å². The molecule has 0 saturated carbocycles. The molecule has 0 aliphatic rings. The van der Waals surface area contributed by atoms with Gasteiger partial charge in [-0.2, -0.15) is 0 Å². The highest BCUT2D eigenvalue weighted by Gasteiger charge is 2.16. The van der Waals surface area contributed by atoms with Crippen molar-refractivity contribution in [3.8, 4) is 0 Å². The Kier molecular flexibility index (Phi) is 2.70. The predicted octanol–water partition coefficient (Wildman–Crippen LogP) is 4.58. The zero-order valence-electron chi connectivity index (χ0n) is 6.73. The van der Waals surface area contributed by atoms with E-state index < -0.39 is 17.8 Å². The summed E-state index contributed by atoms with van der Waals surface area (Å²) >= 11 is 3.23. The second-order valence-corrected chi connectivity index (χ2v) is 5.68. The minimum absolute atomic E-state index is 0.312. The third kappa shape index (κ3) is 1.63. The first kappa shape index (κ1) is 10.2. The molecule has 0 radical (unpaired) electrons. The first-order chi connectivity index (χ1) is 6.59. The smallest absolute Gasteiger partial charge is 0.205 e. The van der Waals surface area contributed by atoms with Gasteiger partial charge in [-0.15, -0.1) is 11.3 Å². The van der Waals surface area contributed by atoms with Crippen molar-refractivity contribution >= 4 is 44.0 Å². The Balaban J connectivity index is 2.74. The van der Waals surface area contributed by atoms with Gasteiger partial charge in [0.25, 0.3) is 6.43 Å². The van der Waals surface area contributed by atoms with Gasteiger partial charge in [-0.05, 0) is 40.1 Å². The molecule has 0 aliphatic heterocycles. The van der Waals surface area contributed by atoms with Crippen LogP contribution in [0.1, 0.15) is 12.0 Å². The van der Waals surface area contributed by atoms with Crippen LogP contribution in [0, 0.1) is 8.70 Å². The van der Waals surface area contributed by atoms with Gasteiger partial charge in [0, 0.05) is 0 Å². The van der Waals surface area contributed by atoms with Crippen LogP contribution in [0.4, 0.5) is 13.2 Å². The zero-order valence-corrected chi connectivity index (χ0v) is 9.70. The molecule has 2 rings (SSSR count). The van der Waals surface area contributed by atoms with E-state index in [-0.39, 0.29) is 0 Å². The third-order valence-electron chi connectivity index (χ3n) is 1.86. The van der Waals surface area contributed by atoms with Crippen LogP contribution in [0.3, 0.4) is 0 Å². The summed E-state index contributed by atoms with van der Waals surface area (Å²) in [4.78, 5) is 0. The van der Waals surface area contributed by atoms with Crippen LogP contribution in [-0.4, -0.2) is 0 Å². The van der Waals surface area contributed by atoms with E-state index in [1.165, 1.54) is 17.4 Å². The fourth-order valence-corrected chi connectivity index (χ4v) is 3.05. The van der Waals surface area contributed by atoms with Crippen molar-refractivity contribution in [2.45, 2.75) is 6.43 Å². The van der Waals surface area contributed by atoms with Gasteiger partial charge in [-0.25, -0.2) is 13.2 Å². The molecular formula is C9H4F3IS.